The van der Waals surface area contributed by atoms with Crippen LogP contribution in [0.3, 0.4) is 0 Å². The van der Waals surface area contributed by atoms with Gasteiger partial charge in [-0.25, -0.2) is 9.50 Å². The number of nitrogens with one attached hydrogen (secondary N) is 1. The quantitative estimate of drug-likeness (QED) is 0.783. The number of carbonyl (C=O) groups is 1. The number of hydrogen-bond donors (Lipinski definition) is 1. The molecule has 0 bridgehead atoms. The lowest BCUT2D eigenvalue weighted by Crippen LogP contribution is -2.34. The summed E-state index contributed by atoms with van der Waals surface area (Å²) < 4.78 is 1.85. The number of hydrogen-bond acceptors (Lipinski definition) is 3. The summed E-state index contributed by atoms with van der Waals surface area (Å²) in [5.74, 6) is 0.0830. The molecule has 134 valence electrons. The van der Waals surface area contributed by atoms with Gasteiger partial charge in [0.25, 0.3) is 0 Å². The molecule has 0 spiro atoms. The minimum Gasteiger partial charge on any atom is -0.353 e. The van der Waals surface area contributed by atoms with E-state index in [2.05, 4.69) is 10.3 Å². The van der Waals surface area contributed by atoms with E-state index in [-0.39, 0.29) is 5.91 Å². The molecule has 1 saturated carbocycles. The summed E-state index contributed by atoms with van der Waals surface area (Å²) in [5.41, 5.74) is 5.63. The first-order valence-electron chi connectivity index (χ1n) is 9.32. The summed E-state index contributed by atoms with van der Waals surface area (Å²) in [5, 5.41) is 7.88. The second-order valence-electron chi connectivity index (χ2n) is 7.15. The molecule has 0 saturated heterocycles. The van der Waals surface area contributed by atoms with Gasteiger partial charge in [0, 0.05) is 34.6 Å². The number of benzene rings is 1. The number of rotatable bonds is 4. The van der Waals surface area contributed by atoms with Crippen molar-refractivity contribution in [1.29, 1.82) is 0 Å². The van der Waals surface area contributed by atoms with E-state index in [0.717, 1.165) is 46.7 Å². The minimum absolute atomic E-state index is 0.0830. The molecule has 0 radical (unpaired) electrons. The molecular formula is C21H24N4O. The highest BCUT2D eigenvalue weighted by molar-refractivity contribution is 5.79. The predicted molar refractivity (Wildman–Crippen MR) is 102 cm³/mol. The van der Waals surface area contributed by atoms with Crippen molar-refractivity contribution in [2.75, 3.05) is 0 Å². The van der Waals surface area contributed by atoms with Crippen molar-refractivity contribution < 1.29 is 4.79 Å². The van der Waals surface area contributed by atoms with E-state index in [0.29, 0.717) is 12.5 Å². The topological polar surface area (TPSA) is 59.3 Å². The van der Waals surface area contributed by atoms with Crippen LogP contribution >= 0.6 is 0 Å². The van der Waals surface area contributed by atoms with Crippen molar-refractivity contribution in [2.45, 2.75) is 52.0 Å². The average Bonchev–Trinajstić information content (AvgIpc) is 3.29. The zero-order valence-corrected chi connectivity index (χ0v) is 15.3. The van der Waals surface area contributed by atoms with E-state index in [1.54, 1.807) is 0 Å². The number of nitrogens with zero attached hydrogens (tertiary/aromatic N) is 3. The maximum Gasteiger partial charge on any atom is 0.224 e. The Morgan fingerprint density at radius 2 is 1.92 bits per heavy atom. The summed E-state index contributed by atoms with van der Waals surface area (Å²) in [6, 6.07) is 12.4. The standard InChI is InChI=1S/C21H24N4O/c1-14-18(12-21(26)23-17-10-6-7-11-17)15(2)25-20(22-14)13-19(24-25)16-8-4-3-5-9-16/h3-5,8-9,13,17H,6-7,10-12H2,1-2H3,(H,23,26). The van der Waals surface area contributed by atoms with Crippen LogP contribution in [0.15, 0.2) is 36.4 Å². The highest BCUT2D eigenvalue weighted by Gasteiger charge is 2.20. The summed E-state index contributed by atoms with van der Waals surface area (Å²) >= 11 is 0. The number of aryl methyl sites for hydroxylation is 2. The van der Waals surface area contributed by atoms with Gasteiger partial charge in [-0.1, -0.05) is 43.2 Å². The van der Waals surface area contributed by atoms with Gasteiger partial charge in [-0.15, -0.1) is 0 Å². The van der Waals surface area contributed by atoms with Gasteiger partial charge in [-0.2, -0.15) is 5.10 Å². The van der Waals surface area contributed by atoms with Crippen LogP contribution in [0.1, 0.15) is 42.6 Å². The fraction of sp³-hybridized carbons (Fsp3) is 0.381. The van der Waals surface area contributed by atoms with Gasteiger partial charge in [0.2, 0.25) is 5.91 Å². The Morgan fingerprint density at radius 1 is 1.19 bits per heavy atom. The zero-order chi connectivity index (χ0) is 18.1. The highest BCUT2D eigenvalue weighted by Crippen LogP contribution is 2.22. The third-order valence-electron chi connectivity index (χ3n) is 5.29. The molecule has 2 aromatic heterocycles. The van der Waals surface area contributed by atoms with Gasteiger partial charge in [0.15, 0.2) is 5.65 Å². The van der Waals surface area contributed by atoms with E-state index >= 15 is 0 Å². The van der Waals surface area contributed by atoms with Gasteiger partial charge >= 0.3 is 0 Å². The average molecular weight is 348 g/mol. The smallest absolute Gasteiger partial charge is 0.224 e. The second kappa shape index (κ2) is 6.90. The predicted octanol–water partition coefficient (Wildman–Crippen LogP) is 3.61. The van der Waals surface area contributed by atoms with E-state index in [1.807, 2.05) is 54.8 Å². The lowest BCUT2D eigenvalue weighted by Gasteiger charge is -2.14. The van der Waals surface area contributed by atoms with Gasteiger partial charge in [-0.05, 0) is 26.7 Å². The summed E-state index contributed by atoms with van der Waals surface area (Å²) in [6.45, 7) is 3.99. The van der Waals surface area contributed by atoms with Gasteiger partial charge < -0.3 is 5.32 Å². The molecule has 0 unspecified atom stereocenters. The molecule has 4 rings (SSSR count). The first kappa shape index (κ1) is 16.8. The van der Waals surface area contributed by atoms with Crippen LogP contribution in [0.4, 0.5) is 0 Å². The lowest BCUT2D eigenvalue weighted by molar-refractivity contribution is -0.121. The number of fused-ring (bicyclic) bond motifs is 1. The molecule has 1 aliphatic rings. The SMILES string of the molecule is Cc1nc2cc(-c3ccccc3)nn2c(C)c1CC(=O)NC1CCCC1. The van der Waals surface area contributed by atoms with Crippen molar-refractivity contribution in [2.24, 2.45) is 0 Å². The van der Waals surface area contributed by atoms with Crippen molar-refractivity contribution in [3.8, 4) is 11.3 Å². The molecule has 26 heavy (non-hydrogen) atoms. The van der Waals surface area contributed by atoms with Crippen LogP contribution in [0, 0.1) is 13.8 Å². The molecule has 1 fully saturated rings. The molecule has 1 aromatic carbocycles. The molecule has 1 N–H and O–H groups in total. The molecule has 5 heteroatoms. The lowest BCUT2D eigenvalue weighted by atomic mass is 10.1. The Kier molecular flexibility index (Phi) is 4.45. The normalized spacial score (nSPS) is 14.8. The van der Waals surface area contributed by atoms with Crippen LogP contribution in [0.5, 0.6) is 0 Å². The van der Waals surface area contributed by atoms with Gasteiger partial charge in [-0.3, -0.25) is 4.79 Å². The zero-order valence-electron chi connectivity index (χ0n) is 15.3. The third-order valence-corrected chi connectivity index (χ3v) is 5.29. The van der Waals surface area contributed by atoms with E-state index < -0.39 is 0 Å². The number of amides is 1. The Balaban J connectivity index is 1.64. The first-order chi connectivity index (χ1) is 12.6. The Bertz CT molecular complexity index is 940. The molecule has 5 nitrogen and oxygen atoms in total. The van der Waals surface area contributed by atoms with E-state index in [9.17, 15) is 4.79 Å². The minimum atomic E-state index is 0.0830. The maximum atomic E-state index is 12.5. The van der Waals surface area contributed by atoms with Crippen LogP contribution in [-0.4, -0.2) is 26.5 Å². The van der Waals surface area contributed by atoms with Gasteiger partial charge in [0.05, 0.1) is 12.1 Å². The van der Waals surface area contributed by atoms with Gasteiger partial charge in [0.1, 0.15) is 0 Å². The molecule has 1 aliphatic carbocycles. The summed E-state index contributed by atoms with van der Waals surface area (Å²) in [7, 11) is 0. The molecule has 1 amide bonds. The van der Waals surface area contributed by atoms with Crippen LogP contribution < -0.4 is 5.32 Å². The van der Waals surface area contributed by atoms with E-state index in [4.69, 9.17) is 5.10 Å². The molecule has 0 atom stereocenters. The van der Waals surface area contributed by atoms with Crippen LogP contribution in [-0.2, 0) is 11.2 Å². The first-order valence-corrected chi connectivity index (χ1v) is 9.32. The van der Waals surface area contributed by atoms with Crippen LogP contribution in [0.2, 0.25) is 0 Å². The molecule has 0 aliphatic heterocycles. The fourth-order valence-corrected chi connectivity index (χ4v) is 3.84. The number of aromatic nitrogens is 3. The monoisotopic (exact) mass is 348 g/mol. The summed E-state index contributed by atoms with van der Waals surface area (Å²) in [6.07, 6.45) is 4.98. The Hall–Kier alpha value is -2.69. The van der Waals surface area contributed by atoms with Crippen molar-refractivity contribution in [3.05, 3.63) is 53.3 Å². The van der Waals surface area contributed by atoms with E-state index in [1.165, 1.54) is 12.8 Å². The maximum absolute atomic E-state index is 12.5. The fourth-order valence-electron chi connectivity index (χ4n) is 3.84. The third kappa shape index (κ3) is 3.21. The number of carbonyl (C=O) groups excluding carboxylic acids is 1. The molecule has 2 heterocycles. The van der Waals surface area contributed by atoms with Crippen molar-refractivity contribution in [3.63, 3.8) is 0 Å². The largest absolute Gasteiger partial charge is 0.353 e. The highest BCUT2D eigenvalue weighted by atomic mass is 16.1. The second-order valence-corrected chi connectivity index (χ2v) is 7.15. The van der Waals surface area contributed by atoms with Crippen LogP contribution in [0.25, 0.3) is 16.9 Å². The Morgan fingerprint density at radius 3 is 2.65 bits per heavy atom. The molecule has 3 aromatic rings. The van der Waals surface area contributed by atoms with Crippen molar-refractivity contribution in [1.82, 2.24) is 19.9 Å². The van der Waals surface area contributed by atoms with Crippen molar-refractivity contribution >= 4 is 11.6 Å². The Labute approximate surface area is 153 Å². The summed E-state index contributed by atoms with van der Waals surface area (Å²) in [4.78, 5) is 17.2. The molecular weight excluding hydrogens is 324 g/mol.